The number of amides is 1. The van der Waals surface area contributed by atoms with E-state index in [-0.39, 0.29) is 30.2 Å². The zero-order valence-corrected chi connectivity index (χ0v) is 12.6. The smallest absolute Gasteiger partial charge is 0.270 e. The van der Waals surface area contributed by atoms with Crippen LogP contribution in [0.5, 0.6) is 0 Å². The van der Waals surface area contributed by atoms with Crippen LogP contribution in [-0.2, 0) is 16.0 Å². The molecule has 0 radical (unpaired) electrons. The molecule has 2 atom stereocenters. The molecule has 1 aromatic rings. The molecule has 7 heteroatoms. The maximum absolute atomic E-state index is 12.0. The molecular weight excluding hydrogens is 328 g/mol. The molecule has 1 aromatic carbocycles. The Kier molecular flexibility index (Phi) is 4.72. The second-order valence-electron chi connectivity index (χ2n) is 4.75. The zero-order chi connectivity index (χ0) is 14.7. The van der Waals surface area contributed by atoms with Crippen molar-refractivity contribution in [3.05, 3.63) is 38.3 Å². The third kappa shape index (κ3) is 3.55. The molecule has 0 saturated carbocycles. The Morgan fingerprint density at radius 3 is 2.90 bits per heavy atom. The van der Waals surface area contributed by atoms with Gasteiger partial charge in [0.25, 0.3) is 5.69 Å². The van der Waals surface area contributed by atoms with Gasteiger partial charge in [-0.25, -0.2) is 0 Å². The average molecular weight is 343 g/mol. The van der Waals surface area contributed by atoms with Gasteiger partial charge in [-0.3, -0.25) is 14.9 Å². The molecular formula is C13H15BrN2O4. The van der Waals surface area contributed by atoms with Crippen molar-refractivity contribution in [3.63, 3.8) is 0 Å². The summed E-state index contributed by atoms with van der Waals surface area (Å²) in [5.41, 5.74) is 0.721. The molecule has 2 rings (SSSR count). The van der Waals surface area contributed by atoms with Crippen molar-refractivity contribution in [2.45, 2.75) is 31.9 Å². The Labute approximate surface area is 124 Å². The first-order valence-electron chi connectivity index (χ1n) is 6.31. The Morgan fingerprint density at radius 2 is 2.35 bits per heavy atom. The van der Waals surface area contributed by atoms with Crippen molar-refractivity contribution in [1.82, 2.24) is 5.32 Å². The van der Waals surface area contributed by atoms with Crippen LogP contribution in [0.25, 0.3) is 0 Å². The summed E-state index contributed by atoms with van der Waals surface area (Å²) in [6.45, 7) is 2.59. The summed E-state index contributed by atoms with van der Waals surface area (Å²) in [5.74, 6) is -0.109. The minimum Gasteiger partial charge on any atom is -0.376 e. The second kappa shape index (κ2) is 6.32. The molecule has 108 valence electrons. The quantitative estimate of drug-likeness (QED) is 0.671. The molecule has 1 saturated heterocycles. The highest BCUT2D eigenvalue weighted by Crippen LogP contribution is 2.23. The van der Waals surface area contributed by atoms with Crippen LogP contribution < -0.4 is 5.32 Å². The highest BCUT2D eigenvalue weighted by atomic mass is 79.9. The third-order valence-corrected chi connectivity index (χ3v) is 4.06. The number of rotatable bonds is 4. The van der Waals surface area contributed by atoms with Crippen molar-refractivity contribution < 1.29 is 14.5 Å². The normalized spacial score (nSPS) is 21.7. The standard InChI is InChI=1S/C13H15BrN2O4/c1-8-12(4-5-20-8)15-13(17)6-9-2-3-10(16(18)19)7-11(9)14/h2-3,7-8,12H,4-6H2,1H3,(H,15,17)/t8-,12+/m0/s1. The molecule has 1 fully saturated rings. The highest BCUT2D eigenvalue weighted by molar-refractivity contribution is 9.10. The van der Waals surface area contributed by atoms with E-state index < -0.39 is 4.92 Å². The van der Waals surface area contributed by atoms with Gasteiger partial charge in [-0.1, -0.05) is 22.0 Å². The summed E-state index contributed by atoms with van der Waals surface area (Å²) < 4.78 is 5.95. The van der Waals surface area contributed by atoms with Crippen LogP contribution in [0.2, 0.25) is 0 Å². The van der Waals surface area contributed by atoms with Gasteiger partial charge in [0.15, 0.2) is 0 Å². The number of halogens is 1. The number of nitrogens with one attached hydrogen (secondary N) is 1. The Bertz CT molecular complexity index is 535. The topological polar surface area (TPSA) is 81.5 Å². The van der Waals surface area contributed by atoms with Crippen LogP contribution in [0.15, 0.2) is 22.7 Å². The summed E-state index contributed by atoms with van der Waals surface area (Å²) in [6.07, 6.45) is 1.02. The van der Waals surface area contributed by atoms with Gasteiger partial charge in [0, 0.05) is 23.2 Å². The van der Waals surface area contributed by atoms with Gasteiger partial charge in [-0.05, 0) is 18.9 Å². The number of carbonyl (C=O) groups excluding carboxylic acids is 1. The maximum atomic E-state index is 12.0. The van der Waals surface area contributed by atoms with E-state index in [9.17, 15) is 14.9 Å². The van der Waals surface area contributed by atoms with Crippen molar-refractivity contribution in [2.75, 3.05) is 6.61 Å². The number of benzene rings is 1. The first-order chi connectivity index (χ1) is 9.47. The molecule has 1 aliphatic rings. The summed E-state index contributed by atoms with van der Waals surface area (Å²) in [7, 11) is 0. The predicted molar refractivity (Wildman–Crippen MR) is 76.5 cm³/mol. The molecule has 1 aliphatic heterocycles. The van der Waals surface area contributed by atoms with E-state index in [0.29, 0.717) is 11.1 Å². The number of nitro groups is 1. The molecule has 6 nitrogen and oxygen atoms in total. The predicted octanol–water partition coefficient (Wildman–Crippen LogP) is 2.19. The SMILES string of the molecule is C[C@@H]1OCC[C@H]1NC(=O)Cc1ccc([N+](=O)[O-])cc1Br. The summed E-state index contributed by atoms with van der Waals surface area (Å²) in [6, 6.07) is 4.44. The van der Waals surface area contributed by atoms with Crippen LogP contribution in [0.4, 0.5) is 5.69 Å². The lowest BCUT2D eigenvalue weighted by atomic mass is 10.1. The maximum Gasteiger partial charge on any atom is 0.270 e. The molecule has 1 N–H and O–H groups in total. The molecule has 0 aromatic heterocycles. The number of nitro benzene ring substituents is 1. The van der Waals surface area contributed by atoms with Crippen molar-refractivity contribution in [3.8, 4) is 0 Å². The minimum atomic E-state index is -0.466. The number of non-ortho nitro benzene ring substituents is 1. The zero-order valence-electron chi connectivity index (χ0n) is 11.0. The number of ether oxygens (including phenoxy) is 1. The fourth-order valence-electron chi connectivity index (χ4n) is 2.15. The van der Waals surface area contributed by atoms with Crippen molar-refractivity contribution >= 4 is 27.5 Å². The van der Waals surface area contributed by atoms with Gasteiger partial charge in [-0.15, -0.1) is 0 Å². The molecule has 0 unspecified atom stereocenters. The minimum absolute atomic E-state index is 0.00107. The van der Waals surface area contributed by atoms with E-state index >= 15 is 0 Å². The second-order valence-corrected chi connectivity index (χ2v) is 5.60. The van der Waals surface area contributed by atoms with Gasteiger partial charge >= 0.3 is 0 Å². The van der Waals surface area contributed by atoms with Crippen LogP contribution in [0.3, 0.4) is 0 Å². The number of hydrogen-bond donors (Lipinski definition) is 1. The Morgan fingerprint density at radius 1 is 1.60 bits per heavy atom. The summed E-state index contributed by atoms with van der Waals surface area (Å²) >= 11 is 3.26. The molecule has 1 amide bonds. The number of carbonyl (C=O) groups is 1. The van der Waals surface area contributed by atoms with Crippen molar-refractivity contribution in [2.24, 2.45) is 0 Å². The fourth-order valence-corrected chi connectivity index (χ4v) is 2.65. The number of hydrogen-bond acceptors (Lipinski definition) is 4. The van der Waals surface area contributed by atoms with Gasteiger partial charge in [0.2, 0.25) is 5.91 Å². The van der Waals surface area contributed by atoms with Crippen molar-refractivity contribution in [1.29, 1.82) is 0 Å². The third-order valence-electron chi connectivity index (χ3n) is 3.32. The van der Waals surface area contributed by atoms with Gasteiger partial charge in [-0.2, -0.15) is 0 Å². The van der Waals surface area contributed by atoms with E-state index in [1.165, 1.54) is 12.1 Å². The van der Waals surface area contributed by atoms with E-state index in [2.05, 4.69) is 21.2 Å². The van der Waals surface area contributed by atoms with Gasteiger partial charge in [0.05, 0.1) is 23.5 Å². The average Bonchev–Trinajstić information content (AvgIpc) is 2.77. The fraction of sp³-hybridized carbons (Fsp3) is 0.462. The molecule has 1 heterocycles. The molecule has 20 heavy (non-hydrogen) atoms. The summed E-state index contributed by atoms with van der Waals surface area (Å²) in [4.78, 5) is 22.1. The summed E-state index contributed by atoms with van der Waals surface area (Å²) in [5, 5.41) is 13.6. The van der Waals surface area contributed by atoms with Crippen LogP contribution >= 0.6 is 15.9 Å². The van der Waals surface area contributed by atoms with E-state index in [4.69, 9.17) is 4.74 Å². The lowest BCUT2D eigenvalue weighted by Crippen LogP contribution is -2.39. The monoisotopic (exact) mass is 342 g/mol. The lowest BCUT2D eigenvalue weighted by Gasteiger charge is -2.16. The Hall–Kier alpha value is -1.47. The number of nitrogens with zero attached hydrogens (tertiary/aromatic N) is 1. The lowest BCUT2D eigenvalue weighted by molar-refractivity contribution is -0.384. The molecule has 0 spiro atoms. The van der Waals surface area contributed by atoms with Crippen LogP contribution in [0.1, 0.15) is 18.9 Å². The largest absolute Gasteiger partial charge is 0.376 e. The van der Waals surface area contributed by atoms with Crippen LogP contribution in [0, 0.1) is 10.1 Å². The molecule has 0 bridgehead atoms. The Balaban J connectivity index is 1.99. The molecule has 0 aliphatic carbocycles. The van der Waals surface area contributed by atoms with Crippen LogP contribution in [-0.4, -0.2) is 29.6 Å². The van der Waals surface area contributed by atoms with E-state index in [1.54, 1.807) is 6.07 Å². The van der Waals surface area contributed by atoms with Gasteiger partial charge < -0.3 is 10.1 Å². The van der Waals surface area contributed by atoms with E-state index in [1.807, 2.05) is 6.92 Å². The first-order valence-corrected chi connectivity index (χ1v) is 7.10. The van der Waals surface area contributed by atoms with Gasteiger partial charge in [0.1, 0.15) is 0 Å². The van der Waals surface area contributed by atoms with E-state index in [0.717, 1.165) is 12.0 Å². The highest BCUT2D eigenvalue weighted by Gasteiger charge is 2.25. The first kappa shape index (κ1) is 14.9.